The molecule has 0 heterocycles. The van der Waals surface area contributed by atoms with Crippen molar-refractivity contribution in [1.29, 1.82) is 0 Å². The third-order valence-electron chi connectivity index (χ3n) is 2.03. The maximum Gasteiger partial charge on any atom is 0.185 e. The molecule has 0 radical (unpaired) electrons. The number of rotatable bonds is 5. The van der Waals surface area contributed by atoms with Crippen LogP contribution in [0.5, 0.6) is 0 Å². The maximum atomic E-state index is 10.7. The molecule has 1 rings (SSSR count). The third-order valence-corrected chi connectivity index (χ3v) is 2.88. The van der Waals surface area contributed by atoms with Crippen molar-refractivity contribution in [3.63, 3.8) is 0 Å². The van der Waals surface area contributed by atoms with Crippen LogP contribution in [0.1, 0.15) is 24.5 Å². The number of aliphatic hydroxyl groups is 1. The summed E-state index contributed by atoms with van der Waals surface area (Å²) >= 11 is 1.34. The van der Waals surface area contributed by atoms with Crippen molar-refractivity contribution in [1.82, 2.24) is 0 Å². The van der Waals surface area contributed by atoms with E-state index in [1.165, 1.54) is 11.8 Å². The SMILES string of the molecule is CC(=O)SCCC=Cc1cccc(CO)c1. The standard InChI is InChI=1S/C13H16O2S/c1-11(15)16-8-3-2-5-12-6-4-7-13(9-12)10-14/h2,4-7,9,14H,3,8,10H2,1H3. The van der Waals surface area contributed by atoms with E-state index in [4.69, 9.17) is 5.11 Å². The molecule has 0 fully saturated rings. The maximum absolute atomic E-state index is 10.7. The number of benzene rings is 1. The summed E-state index contributed by atoms with van der Waals surface area (Å²) in [4.78, 5) is 10.7. The van der Waals surface area contributed by atoms with Crippen LogP contribution in [0.25, 0.3) is 6.08 Å². The van der Waals surface area contributed by atoms with Gasteiger partial charge in [0.1, 0.15) is 0 Å². The molecule has 2 nitrogen and oxygen atoms in total. The van der Waals surface area contributed by atoms with E-state index < -0.39 is 0 Å². The van der Waals surface area contributed by atoms with Crippen LogP contribution in [0.4, 0.5) is 0 Å². The van der Waals surface area contributed by atoms with E-state index in [-0.39, 0.29) is 11.7 Å². The van der Waals surface area contributed by atoms with Crippen molar-refractivity contribution in [3.05, 3.63) is 41.5 Å². The van der Waals surface area contributed by atoms with Crippen molar-refractivity contribution in [2.45, 2.75) is 20.0 Å². The number of carbonyl (C=O) groups is 1. The van der Waals surface area contributed by atoms with E-state index in [0.717, 1.165) is 23.3 Å². The molecule has 1 N–H and O–H groups in total. The molecule has 86 valence electrons. The van der Waals surface area contributed by atoms with Crippen molar-refractivity contribution >= 4 is 23.0 Å². The second-order valence-corrected chi connectivity index (χ2v) is 4.71. The van der Waals surface area contributed by atoms with Gasteiger partial charge in [-0.25, -0.2) is 0 Å². The summed E-state index contributed by atoms with van der Waals surface area (Å²) in [7, 11) is 0. The Hall–Kier alpha value is -1.06. The Kier molecular flexibility index (Phi) is 5.90. The van der Waals surface area contributed by atoms with Gasteiger partial charge in [0.15, 0.2) is 5.12 Å². The Labute approximate surface area is 100 Å². The predicted molar refractivity (Wildman–Crippen MR) is 69.2 cm³/mol. The van der Waals surface area contributed by atoms with Gasteiger partial charge in [-0.2, -0.15) is 0 Å². The summed E-state index contributed by atoms with van der Waals surface area (Å²) in [5.41, 5.74) is 2.00. The minimum absolute atomic E-state index is 0.0713. The molecule has 0 amide bonds. The van der Waals surface area contributed by atoms with E-state index in [1.807, 2.05) is 36.4 Å². The fourth-order valence-corrected chi connectivity index (χ4v) is 1.83. The Morgan fingerprint density at radius 2 is 2.31 bits per heavy atom. The van der Waals surface area contributed by atoms with Gasteiger partial charge in [-0.15, -0.1) is 0 Å². The summed E-state index contributed by atoms with van der Waals surface area (Å²) in [5, 5.41) is 9.13. The van der Waals surface area contributed by atoms with Gasteiger partial charge in [0.2, 0.25) is 0 Å². The van der Waals surface area contributed by atoms with Gasteiger partial charge in [-0.1, -0.05) is 42.1 Å². The Bertz CT molecular complexity index is 372. The fourth-order valence-electron chi connectivity index (χ4n) is 1.29. The van der Waals surface area contributed by atoms with Crippen LogP contribution in [-0.2, 0) is 11.4 Å². The number of carbonyl (C=O) groups excluding carboxylic acids is 1. The highest BCUT2D eigenvalue weighted by Crippen LogP contribution is 2.09. The summed E-state index contributed by atoms with van der Waals surface area (Å²) in [5.74, 6) is 0.825. The average Bonchev–Trinajstić information content (AvgIpc) is 2.28. The topological polar surface area (TPSA) is 37.3 Å². The zero-order chi connectivity index (χ0) is 11.8. The van der Waals surface area contributed by atoms with E-state index in [0.29, 0.717) is 0 Å². The first-order valence-electron chi connectivity index (χ1n) is 5.22. The van der Waals surface area contributed by atoms with Crippen LogP contribution in [0.2, 0.25) is 0 Å². The lowest BCUT2D eigenvalue weighted by Gasteiger charge is -1.97. The molecule has 1 aromatic carbocycles. The smallest absolute Gasteiger partial charge is 0.185 e. The van der Waals surface area contributed by atoms with Crippen LogP contribution in [-0.4, -0.2) is 16.0 Å². The van der Waals surface area contributed by atoms with Crippen molar-refractivity contribution in [2.75, 3.05) is 5.75 Å². The van der Waals surface area contributed by atoms with Gasteiger partial charge in [0.25, 0.3) is 0 Å². The number of thioether (sulfide) groups is 1. The average molecular weight is 236 g/mol. The molecule has 0 aliphatic rings. The molecule has 3 heteroatoms. The molecule has 0 aliphatic heterocycles. The predicted octanol–water partition coefficient (Wildman–Crippen LogP) is 2.86. The van der Waals surface area contributed by atoms with Crippen LogP contribution >= 0.6 is 11.8 Å². The van der Waals surface area contributed by atoms with Gasteiger partial charge >= 0.3 is 0 Å². The number of allylic oxidation sites excluding steroid dienone is 1. The largest absolute Gasteiger partial charge is 0.392 e. The van der Waals surface area contributed by atoms with E-state index in [1.54, 1.807) is 6.92 Å². The molecule has 0 spiro atoms. The van der Waals surface area contributed by atoms with Crippen molar-refractivity contribution < 1.29 is 9.90 Å². The highest BCUT2D eigenvalue weighted by molar-refractivity contribution is 8.13. The van der Waals surface area contributed by atoms with Gasteiger partial charge in [-0.05, 0) is 23.6 Å². The number of hydrogen-bond donors (Lipinski definition) is 1. The first kappa shape index (κ1) is 13.0. The van der Waals surface area contributed by atoms with Gasteiger partial charge in [-0.3, -0.25) is 4.79 Å². The minimum Gasteiger partial charge on any atom is -0.392 e. The minimum atomic E-state index is 0.0713. The quantitative estimate of drug-likeness (QED) is 0.799. The Morgan fingerprint density at radius 1 is 1.50 bits per heavy atom. The first-order valence-corrected chi connectivity index (χ1v) is 6.20. The van der Waals surface area contributed by atoms with Crippen LogP contribution < -0.4 is 0 Å². The summed E-state index contributed by atoms with van der Waals surface area (Å²) in [6.07, 6.45) is 4.94. The molecular formula is C13H16O2S. The highest BCUT2D eigenvalue weighted by atomic mass is 32.2. The molecule has 0 unspecified atom stereocenters. The first-order chi connectivity index (χ1) is 7.72. The lowest BCUT2D eigenvalue weighted by molar-refractivity contribution is -0.109. The van der Waals surface area contributed by atoms with E-state index in [9.17, 15) is 4.79 Å². The normalized spacial score (nSPS) is 10.9. The third kappa shape index (κ3) is 5.14. The lowest BCUT2D eigenvalue weighted by Crippen LogP contribution is -1.84. The molecule has 16 heavy (non-hydrogen) atoms. The highest BCUT2D eigenvalue weighted by Gasteiger charge is 1.92. The second kappa shape index (κ2) is 7.25. The Morgan fingerprint density at radius 3 is 3.00 bits per heavy atom. The molecule has 0 saturated carbocycles. The van der Waals surface area contributed by atoms with Gasteiger partial charge < -0.3 is 5.11 Å². The molecular weight excluding hydrogens is 220 g/mol. The summed E-state index contributed by atoms with van der Waals surface area (Å²) in [6, 6.07) is 7.76. The molecule has 1 aromatic rings. The van der Waals surface area contributed by atoms with Gasteiger partial charge in [0, 0.05) is 12.7 Å². The molecule has 0 bridgehead atoms. The molecule has 0 aliphatic carbocycles. The second-order valence-electron chi connectivity index (χ2n) is 3.43. The summed E-state index contributed by atoms with van der Waals surface area (Å²) in [6.45, 7) is 1.65. The van der Waals surface area contributed by atoms with E-state index in [2.05, 4.69) is 0 Å². The lowest BCUT2D eigenvalue weighted by atomic mass is 10.1. The zero-order valence-electron chi connectivity index (χ0n) is 9.35. The summed E-state index contributed by atoms with van der Waals surface area (Å²) < 4.78 is 0. The fraction of sp³-hybridized carbons (Fsp3) is 0.308. The zero-order valence-corrected chi connectivity index (χ0v) is 10.2. The molecule has 0 saturated heterocycles. The molecule has 0 atom stereocenters. The van der Waals surface area contributed by atoms with Crippen LogP contribution in [0.15, 0.2) is 30.3 Å². The van der Waals surface area contributed by atoms with E-state index >= 15 is 0 Å². The van der Waals surface area contributed by atoms with Gasteiger partial charge in [0.05, 0.1) is 6.61 Å². The van der Waals surface area contributed by atoms with Crippen LogP contribution in [0, 0.1) is 0 Å². The van der Waals surface area contributed by atoms with Crippen LogP contribution in [0.3, 0.4) is 0 Å². The molecule has 0 aromatic heterocycles. The Balaban J connectivity index is 2.40. The number of aliphatic hydroxyl groups excluding tert-OH is 1. The monoisotopic (exact) mass is 236 g/mol. The van der Waals surface area contributed by atoms with Crippen molar-refractivity contribution in [3.8, 4) is 0 Å². The van der Waals surface area contributed by atoms with Crippen molar-refractivity contribution in [2.24, 2.45) is 0 Å². The number of hydrogen-bond acceptors (Lipinski definition) is 3.